The van der Waals surface area contributed by atoms with E-state index in [1.54, 1.807) is 38.2 Å². The first-order chi connectivity index (χ1) is 14.4. The maximum atomic E-state index is 14.9. The summed E-state index contributed by atoms with van der Waals surface area (Å²) in [4.78, 5) is 19.8. The van der Waals surface area contributed by atoms with Crippen molar-refractivity contribution in [3.63, 3.8) is 0 Å². The lowest BCUT2D eigenvalue weighted by molar-refractivity contribution is -0.133. The van der Waals surface area contributed by atoms with E-state index in [-0.39, 0.29) is 23.6 Å². The highest BCUT2D eigenvalue weighted by molar-refractivity contribution is 6.08. The highest BCUT2D eigenvalue weighted by Gasteiger charge is 2.55. The van der Waals surface area contributed by atoms with Crippen molar-refractivity contribution in [2.45, 2.75) is 44.6 Å². The van der Waals surface area contributed by atoms with Crippen LogP contribution < -0.4 is 5.73 Å². The van der Waals surface area contributed by atoms with E-state index >= 15 is 0 Å². The second kappa shape index (κ2) is 7.56. The molecule has 0 saturated heterocycles. The monoisotopic (exact) mass is 404 g/mol. The Bertz CT molecular complexity index is 1080. The van der Waals surface area contributed by atoms with E-state index in [0.717, 1.165) is 43.2 Å². The molecule has 2 aliphatic rings. The number of carbonyl (C=O) groups excluding carboxylic acids is 1. The molecule has 1 atom stereocenters. The van der Waals surface area contributed by atoms with Crippen LogP contribution in [0.5, 0.6) is 0 Å². The van der Waals surface area contributed by atoms with Crippen molar-refractivity contribution in [1.29, 1.82) is 5.26 Å². The van der Waals surface area contributed by atoms with Gasteiger partial charge in [0.15, 0.2) is 11.5 Å². The first-order valence-corrected chi connectivity index (χ1v) is 10.3. The minimum Gasteiger partial charge on any atom is -0.369 e. The van der Waals surface area contributed by atoms with Crippen LogP contribution in [0.3, 0.4) is 0 Å². The van der Waals surface area contributed by atoms with E-state index in [4.69, 9.17) is 10.7 Å². The van der Waals surface area contributed by atoms with Crippen molar-refractivity contribution in [3.05, 3.63) is 58.9 Å². The molecule has 0 radical (unpaired) electrons. The summed E-state index contributed by atoms with van der Waals surface area (Å²) in [5.74, 6) is -0.485. The lowest BCUT2D eigenvalue weighted by Crippen LogP contribution is -2.46. The van der Waals surface area contributed by atoms with Crippen LogP contribution in [-0.2, 0) is 10.3 Å². The molecule has 2 N–H and O–H groups in total. The van der Waals surface area contributed by atoms with Gasteiger partial charge < -0.3 is 5.73 Å². The van der Waals surface area contributed by atoms with E-state index in [0.29, 0.717) is 16.7 Å². The summed E-state index contributed by atoms with van der Waals surface area (Å²) in [5, 5.41) is 9.35. The minimum atomic E-state index is -1.25. The number of halogens is 1. The molecule has 1 saturated carbocycles. The molecule has 1 aliphatic heterocycles. The molecule has 1 aliphatic carbocycles. The molecule has 0 bridgehead atoms. The van der Waals surface area contributed by atoms with Gasteiger partial charge in [0.2, 0.25) is 0 Å². The second-order valence-corrected chi connectivity index (χ2v) is 8.22. The molecule has 2 aromatic rings. The fourth-order valence-electron chi connectivity index (χ4n) is 4.99. The van der Waals surface area contributed by atoms with Gasteiger partial charge in [-0.25, -0.2) is 9.38 Å². The van der Waals surface area contributed by atoms with Crippen molar-refractivity contribution in [3.8, 4) is 17.2 Å². The van der Waals surface area contributed by atoms with Crippen LogP contribution >= 0.6 is 0 Å². The van der Waals surface area contributed by atoms with Crippen molar-refractivity contribution < 1.29 is 9.18 Å². The van der Waals surface area contributed by atoms with Crippen LogP contribution in [-0.4, -0.2) is 23.8 Å². The molecule has 6 heteroatoms. The number of rotatable bonds is 3. The van der Waals surface area contributed by atoms with Crippen molar-refractivity contribution in [1.82, 2.24) is 4.90 Å². The number of hydrogen-bond donors (Lipinski definition) is 1. The molecule has 2 aromatic carbocycles. The largest absolute Gasteiger partial charge is 0.369 e. The number of nitrogens with two attached hydrogens (primary N) is 1. The third-order valence-corrected chi connectivity index (χ3v) is 6.54. The molecular weight excluding hydrogens is 379 g/mol. The molecule has 1 unspecified atom stereocenters. The Hall–Kier alpha value is -3.20. The van der Waals surface area contributed by atoms with Crippen LogP contribution in [0.1, 0.15) is 48.8 Å². The average Bonchev–Trinajstić information content (AvgIpc) is 3.00. The van der Waals surface area contributed by atoms with Gasteiger partial charge in [-0.05, 0) is 60.6 Å². The van der Waals surface area contributed by atoms with Gasteiger partial charge in [-0.1, -0.05) is 37.5 Å². The minimum absolute atomic E-state index is 0.0550. The van der Waals surface area contributed by atoms with Gasteiger partial charge in [0.1, 0.15) is 5.82 Å². The van der Waals surface area contributed by atoms with Crippen LogP contribution in [0.4, 0.5) is 4.39 Å². The lowest BCUT2D eigenvalue weighted by Gasteiger charge is -2.38. The fraction of sp³-hybridized carbons (Fsp3) is 0.375. The zero-order chi connectivity index (χ0) is 21.5. The summed E-state index contributed by atoms with van der Waals surface area (Å²) in [7, 11) is 1.62. The van der Waals surface area contributed by atoms with Crippen LogP contribution in [0.25, 0.3) is 11.1 Å². The molecule has 1 heterocycles. The predicted octanol–water partition coefficient (Wildman–Crippen LogP) is 4.24. The Balaban J connectivity index is 2.04. The Labute approximate surface area is 176 Å². The summed E-state index contributed by atoms with van der Waals surface area (Å²) in [6.45, 7) is 1.70. The summed E-state index contributed by atoms with van der Waals surface area (Å²) < 4.78 is 14.9. The molecule has 1 amide bonds. The third-order valence-electron chi connectivity index (χ3n) is 6.54. The average molecular weight is 404 g/mol. The summed E-state index contributed by atoms with van der Waals surface area (Å²) >= 11 is 0. The Morgan fingerprint density at radius 3 is 2.60 bits per heavy atom. The van der Waals surface area contributed by atoms with E-state index in [2.05, 4.69) is 6.07 Å². The van der Waals surface area contributed by atoms with Gasteiger partial charge in [-0.2, -0.15) is 5.26 Å². The number of nitriles is 1. The number of hydrogen-bond acceptors (Lipinski definition) is 4. The molecule has 5 nitrogen and oxygen atoms in total. The van der Waals surface area contributed by atoms with Crippen LogP contribution in [0, 0.1) is 30.0 Å². The smallest absolute Gasteiger partial charge is 0.262 e. The van der Waals surface area contributed by atoms with Crippen LogP contribution in [0.2, 0.25) is 0 Å². The molecule has 0 aromatic heterocycles. The Kier molecular flexibility index (Phi) is 5.07. The summed E-state index contributed by atoms with van der Waals surface area (Å²) in [6, 6.07) is 12.4. The molecule has 30 heavy (non-hydrogen) atoms. The maximum absolute atomic E-state index is 14.9. The number of likely N-dealkylation sites (N-methyl/N-ethyl adjacent to an activating group) is 1. The van der Waals surface area contributed by atoms with Crippen molar-refractivity contribution >= 4 is 11.9 Å². The Morgan fingerprint density at radius 1 is 1.23 bits per heavy atom. The SMILES string of the molecule is Cc1c(F)ccc(-c2cccc(C#N)c2)c1C1(C2CCCCC2)N=C(N)N(C)C1=O. The number of amides is 1. The van der Waals surface area contributed by atoms with Gasteiger partial charge in [0, 0.05) is 12.6 Å². The zero-order valence-corrected chi connectivity index (χ0v) is 17.3. The van der Waals surface area contributed by atoms with Crippen LogP contribution in [0.15, 0.2) is 41.4 Å². The first-order valence-electron chi connectivity index (χ1n) is 10.3. The second-order valence-electron chi connectivity index (χ2n) is 8.22. The maximum Gasteiger partial charge on any atom is 0.262 e. The van der Waals surface area contributed by atoms with Crippen molar-refractivity contribution in [2.75, 3.05) is 7.05 Å². The molecule has 4 rings (SSSR count). The Morgan fingerprint density at radius 2 is 1.97 bits per heavy atom. The molecule has 1 fully saturated rings. The van der Waals surface area contributed by atoms with E-state index in [9.17, 15) is 14.4 Å². The standard InChI is InChI=1S/C24H25FN4O/c1-15-20(25)12-11-19(17-8-6-7-16(13-17)14-26)21(15)24(18-9-4-3-5-10-18)22(30)29(2)23(27)28-24/h6-8,11-13,18H,3-5,9-10H2,1-2H3,(H2,27,28). The number of nitrogens with zero attached hydrogens (tertiary/aromatic N) is 3. The third kappa shape index (κ3) is 2.97. The highest BCUT2D eigenvalue weighted by atomic mass is 19.1. The molecule has 0 spiro atoms. The fourth-order valence-corrected chi connectivity index (χ4v) is 4.99. The quantitative estimate of drug-likeness (QED) is 0.831. The molecule has 154 valence electrons. The first kappa shape index (κ1) is 20.1. The predicted molar refractivity (Wildman–Crippen MR) is 114 cm³/mol. The normalized spacial score (nSPS) is 22.1. The van der Waals surface area contributed by atoms with Crippen molar-refractivity contribution in [2.24, 2.45) is 16.6 Å². The molecular formula is C24H25FN4O. The van der Waals surface area contributed by atoms with Gasteiger partial charge in [0.25, 0.3) is 5.91 Å². The van der Waals surface area contributed by atoms with Gasteiger partial charge >= 0.3 is 0 Å². The van der Waals surface area contributed by atoms with E-state index < -0.39 is 5.54 Å². The van der Waals surface area contributed by atoms with Gasteiger partial charge in [-0.3, -0.25) is 9.69 Å². The zero-order valence-electron chi connectivity index (χ0n) is 17.3. The number of carbonyl (C=O) groups is 1. The number of benzene rings is 2. The van der Waals surface area contributed by atoms with Gasteiger partial charge in [0.05, 0.1) is 11.6 Å². The lowest BCUT2D eigenvalue weighted by atomic mass is 9.68. The summed E-state index contributed by atoms with van der Waals surface area (Å²) in [5.41, 5.74) is 7.84. The van der Waals surface area contributed by atoms with E-state index in [1.165, 1.54) is 11.0 Å². The topological polar surface area (TPSA) is 82.5 Å². The number of guanidine groups is 1. The summed E-state index contributed by atoms with van der Waals surface area (Å²) in [6.07, 6.45) is 4.81. The highest BCUT2D eigenvalue weighted by Crippen LogP contribution is 2.50. The number of aliphatic imine (C=N–C) groups is 1. The van der Waals surface area contributed by atoms with Gasteiger partial charge in [-0.15, -0.1) is 0 Å². The van der Waals surface area contributed by atoms with E-state index in [1.807, 2.05) is 6.07 Å².